The number of ether oxygens (including phenoxy) is 1. The van der Waals surface area contributed by atoms with E-state index in [1.807, 2.05) is 18.7 Å². The lowest BCUT2D eigenvalue weighted by atomic mass is 9.90. The average Bonchev–Trinajstić information content (AvgIpc) is 3.39. The summed E-state index contributed by atoms with van der Waals surface area (Å²) in [5.41, 5.74) is 0.672. The Morgan fingerprint density at radius 1 is 1.24 bits per heavy atom. The van der Waals surface area contributed by atoms with E-state index in [-0.39, 0.29) is 30.1 Å². The van der Waals surface area contributed by atoms with Crippen LogP contribution < -0.4 is 14.4 Å². The number of rotatable bonds is 8. The third-order valence-corrected chi connectivity index (χ3v) is 8.96. The van der Waals surface area contributed by atoms with E-state index in [2.05, 4.69) is 25.5 Å². The number of halogens is 1. The number of aromatic nitrogens is 1. The first kappa shape index (κ1) is 28.3. The van der Waals surface area contributed by atoms with Crippen LogP contribution in [-0.2, 0) is 10.2 Å². The highest BCUT2D eigenvalue weighted by Gasteiger charge is 2.41. The first-order chi connectivity index (χ1) is 17.8. The summed E-state index contributed by atoms with van der Waals surface area (Å²) in [4.78, 5) is 20.1. The number of nitrogens with one attached hydrogen (secondary N) is 1. The van der Waals surface area contributed by atoms with E-state index in [9.17, 15) is 22.7 Å². The van der Waals surface area contributed by atoms with Crippen LogP contribution in [0.1, 0.15) is 57.8 Å². The van der Waals surface area contributed by atoms with Gasteiger partial charge in [0.25, 0.3) is 5.91 Å². The molecule has 208 valence electrons. The number of amides is 1. The fourth-order valence-corrected chi connectivity index (χ4v) is 6.01. The zero-order valence-electron chi connectivity index (χ0n) is 22.6. The number of anilines is 1. The van der Waals surface area contributed by atoms with Crippen molar-refractivity contribution in [2.45, 2.75) is 59.1 Å². The molecule has 0 radical (unpaired) electrons. The molecule has 0 aliphatic carbocycles. The predicted molar refractivity (Wildman–Crippen MR) is 144 cm³/mol. The number of pyridine rings is 1. The molecule has 11 heteroatoms. The van der Waals surface area contributed by atoms with Crippen molar-refractivity contribution in [3.8, 4) is 17.0 Å². The number of hydrogen-bond donors (Lipinski definition) is 2. The lowest BCUT2D eigenvalue weighted by molar-refractivity contribution is 0.0978. The van der Waals surface area contributed by atoms with E-state index in [4.69, 9.17) is 9.72 Å². The maximum Gasteiger partial charge on any atom is 0.304 e. The number of carbonyl (C=O) groups excluding carboxylic acids is 1. The van der Waals surface area contributed by atoms with Gasteiger partial charge in [0.2, 0.25) is 0 Å². The lowest BCUT2D eigenvalue weighted by Crippen LogP contribution is -2.45. The summed E-state index contributed by atoms with van der Waals surface area (Å²) in [7, 11) is -4.15. The van der Waals surface area contributed by atoms with E-state index in [0.29, 0.717) is 48.3 Å². The first-order valence-corrected chi connectivity index (χ1v) is 14.4. The average molecular weight is 549 g/mol. The van der Waals surface area contributed by atoms with Crippen LogP contribution in [0.3, 0.4) is 0 Å². The summed E-state index contributed by atoms with van der Waals surface area (Å²) >= 11 is 0. The number of benzene rings is 1. The van der Waals surface area contributed by atoms with E-state index >= 15 is 0 Å². The van der Waals surface area contributed by atoms with Gasteiger partial charge in [0, 0.05) is 36.8 Å². The minimum absolute atomic E-state index is 0.0654. The van der Waals surface area contributed by atoms with Crippen molar-refractivity contribution in [3.05, 3.63) is 41.7 Å². The Kier molecular flexibility index (Phi) is 8.02. The Morgan fingerprint density at radius 3 is 2.58 bits per heavy atom. The second-order valence-corrected chi connectivity index (χ2v) is 12.9. The van der Waals surface area contributed by atoms with Crippen molar-refractivity contribution in [2.75, 3.05) is 31.1 Å². The maximum absolute atomic E-state index is 14.5. The van der Waals surface area contributed by atoms with E-state index < -0.39 is 28.0 Å². The minimum atomic E-state index is -4.15. The fraction of sp³-hybridized carbons (Fsp3) is 0.556. The van der Waals surface area contributed by atoms with Crippen LogP contribution in [0.4, 0.5) is 10.2 Å². The Morgan fingerprint density at radius 2 is 1.97 bits per heavy atom. The van der Waals surface area contributed by atoms with E-state index in [1.54, 1.807) is 12.1 Å². The summed E-state index contributed by atoms with van der Waals surface area (Å²) in [5, 5.41) is 9.75. The molecule has 2 fully saturated rings. The van der Waals surface area contributed by atoms with Crippen LogP contribution in [-0.4, -0.2) is 66.6 Å². The van der Waals surface area contributed by atoms with Gasteiger partial charge in [-0.3, -0.25) is 4.79 Å². The van der Waals surface area contributed by atoms with Crippen LogP contribution in [0, 0.1) is 17.7 Å². The molecule has 0 bridgehead atoms. The molecule has 2 aromatic rings. The number of aliphatic hydroxyl groups is 1. The summed E-state index contributed by atoms with van der Waals surface area (Å²) in [5.74, 6) is -0.00290. The molecule has 9 nitrogen and oxygen atoms in total. The molecule has 1 aromatic carbocycles. The summed E-state index contributed by atoms with van der Waals surface area (Å²) in [6.45, 7) is 11.4. The Balaban J connectivity index is 1.73. The lowest BCUT2D eigenvalue weighted by Gasteiger charge is -2.36. The van der Waals surface area contributed by atoms with Gasteiger partial charge in [-0.25, -0.2) is 14.1 Å². The van der Waals surface area contributed by atoms with Crippen molar-refractivity contribution in [1.82, 2.24) is 14.0 Å². The Hall–Kier alpha value is -2.76. The summed E-state index contributed by atoms with van der Waals surface area (Å²) < 4.78 is 49.1. The highest BCUT2D eigenvalue weighted by atomic mass is 32.2. The van der Waals surface area contributed by atoms with Gasteiger partial charge in [-0.15, -0.1) is 0 Å². The SMILES string of the molecule is CC(C)COc1cc(F)cc(-c2ccc(C(=O)NS(=O)(=O)N3CC[C@@H](O)C3)c(N3CCC(C)C3(C)C)n2)c1. The fourth-order valence-electron chi connectivity index (χ4n) is 4.82. The van der Waals surface area contributed by atoms with Gasteiger partial charge in [0.15, 0.2) is 0 Å². The maximum atomic E-state index is 14.5. The van der Waals surface area contributed by atoms with Crippen molar-refractivity contribution in [1.29, 1.82) is 0 Å². The third kappa shape index (κ3) is 5.94. The molecule has 0 spiro atoms. The van der Waals surface area contributed by atoms with Crippen LogP contribution >= 0.6 is 0 Å². The van der Waals surface area contributed by atoms with Crippen molar-refractivity contribution < 1.29 is 27.4 Å². The highest BCUT2D eigenvalue weighted by molar-refractivity contribution is 7.87. The number of aliphatic hydroxyl groups excluding tert-OH is 1. The van der Waals surface area contributed by atoms with Gasteiger partial charge >= 0.3 is 10.2 Å². The molecule has 38 heavy (non-hydrogen) atoms. The molecule has 1 amide bonds. The first-order valence-electron chi connectivity index (χ1n) is 13.0. The minimum Gasteiger partial charge on any atom is -0.493 e. The number of carbonyl (C=O) groups is 1. The molecular formula is C27H37FN4O5S. The molecule has 2 saturated heterocycles. The quantitative estimate of drug-likeness (QED) is 0.519. The van der Waals surface area contributed by atoms with Gasteiger partial charge in [-0.2, -0.15) is 12.7 Å². The van der Waals surface area contributed by atoms with E-state index in [1.165, 1.54) is 18.2 Å². The van der Waals surface area contributed by atoms with Gasteiger partial charge in [0.05, 0.1) is 24.0 Å². The molecule has 2 aliphatic rings. The Bertz CT molecular complexity index is 1300. The zero-order valence-corrected chi connectivity index (χ0v) is 23.4. The van der Waals surface area contributed by atoms with Crippen LogP contribution in [0.2, 0.25) is 0 Å². The zero-order chi connectivity index (χ0) is 27.8. The van der Waals surface area contributed by atoms with Crippen LogP contribution in [0.15, 0.2) is 30.3 Å². The number of hydrogen-bond acceptors (Lipinski definition) is 7. The number of β-amino-alcohol motifs (C(OH)–C–C–N with tert-alkyl or cyclic N) is 1. The van der Waals surface area contributed by atoms with Gasteiger partial charge in [-0.05, 0) is 62.8 Å². The van der Waals surface area contributed by atoms with Gasteiger partial charge in [-0.1, -0.05) is 20.8 Å². The highest BCUT2D eigenvalue weighted by Crippen LogP contribution is 2.39. The van der Waals surface area contributed by atoms with Crippen molar-refractivity contribution >= 4 is 21.9 Å². The molecule has 0 saturated carbocycles. The molecule has 1 unspecified atom stereocenters. The predicted octanol–water partition coefficient (Wildman–Crippen LogP) is 3.59. The van der Waals surface area contributed by atoms with Crippen molar-refractivity contribution in [3.63, 3.8) is 0 Å². The molecule has 2 atom stereocenters. The normalized spacial score (nSPS) is 21.7. The number of nitrogens with zero attached hydrogens (tertiary/aromatic N) is 3. The molecular weight excluding hydrogens is 511 g/mol. The summed E-state index contributed by atoms with van der Waals surface area (Å²) in [6, 6.07) is 7.49. The monoisotopic (exact) mass is 548 g/mol. The molecule has 4 rings (SSSR count). The van der Waals surface area contributed by atoms with Gasteiger partial charge < -0.3 is 14.7 Å². The topological polar surface area (TPSA) is 112 Å². The standard InChI is InChI=1S/C27H37FN4O5S/c1-17(2)16-37-22-13-19(12-20(28)14-22)24-7-6-23(25(29-24)32-11-8-18(3)27(32,4)5)26(34)30-38(35,36)31-10-9-21(33)15-31/h6-7,12-14,17-18,21,33H,8-11,15-16H2,1-5H3,(H,30,34)/t18?,21-/m1/s1. The van der Waals surface area contributed by atoms with E-state index in [0.717, 1.165) is 10.7 Å². The second kappa shape index (κ2) is 10.8. The second-order valence-electron chi connectivity index (χ2n) is 11.2. The third-order valence-electron chi connectivity index (χ3n) is 7.50. The largest absolute Gasteiger partial charge is 0.493 e. The smallest absolute Gasteiger partial charge is 0.304 e. The Labute approximate surface area is 224 Å². The molecule has 1 aromatic heterocycles. The van der Waals surface area contributed by atoms with Crippen LogP contribution in [0.25, 0.3) is 11.3 Å². The summed E-state index contributed by atoms with van der Waals surface area (Å²) in [6.07, 6.45) is 0.426. The van der Waals surface area contributed by atoms with Crippen molar-refractivity contribution in [2.24, 2.45) is 11.8 Å². The molecule has 2 aliphatic heterocycles. The van der Waals surface area contributed by atoms with Gasteiger partial charge in [0.1, 0.15) is 17.4 Å². The molecule has 2 N–H and O–H groups in total. The van der Waals surface area contributed by atoms with Crippen LogP contribution in [0.5, 0.6) is 5.75 Å². The molecule has 3 heterocycles.